The average molecular weight is 165 g/mol. The van der Waals surface area contributed by atoms with Crippen LogP contribution in [-0.2, 0) is 5.60 Å². The first-order valence-electron chi connectivity index (χ1n) is 3.55. The third-order valence-electron chi connectivity index (χ3n) is 1.54. The molecule has 0 saturated heterocycles. The van der Waals surface area contributed by atoms with Gasteiger partial charge in [-0.3, -0.25) is 4.98 Å². The molecule has 2 nitrogen and oxygen atoms in total. The highest BCUT2D eigenvalue weighted by Gasteiger charge is 2.22. The van der Waals surface area contributed by atoms with E-state index < -0.39 is 11.4 Å². The van der Waals surface area contributed by atoms with Gasteiger partial charge < -0.3 is 5.11 Å². The highest BCUT2D eigenvalue weighted by molar-refractivity contribution is 6.33. The number of nitrogens with zero attached hydrogens (tertiary/aromatic N) is 1. The van der Waals surface area contributed by atoms with E-state index in [9.17, 15) is 9.50 Å². The van der Waals surface area contributed by atoms with Crippen molar-refractivity contribution in [1.82, 2.24) is 4.98 Å². The number of pyridine rings is 1. The van der Waals surface area contributed by atoms with Crippen molar-refractivity contribution >= 4 is 13.3 Å². The van der Waals surface area contributed by atoms with Crippen LogP contribution in [0.3, 0.4) is 0 Å². The Morgan fingerprint density at radius 3 is 2.42 bits per heavy atom. The number of aliphatic hydroxyl groups is 1. The highest BCUT2D eigenvalue weighted by atomic mass is 19.1. The molecule has 1 aromatic heterocycles. The number of halogens is 1. The minimum Gasteiger partial charge on any atom is -0.386 e. The lowest BCUT2D eigenvalue weighted by atomic mass is 9.84. The van der Waals surface area contributed by atoms with Crippen LogP contribution in [-0.4, -0.2) is 17.9 Å². The topological polar surface area (TPSA) is 33.1 Å². The molecule has 0 aliphatic rings. The van der Waals surface area contributed by atoms with E-state index in [1.165, 1.54) is 20.0 Å². The third kappa shape index (κ3) is 1.64. The van der Waals surface area contributed by atoms with Crippen molar-refractivity contribution in [2.24, 2.45) is 0 Å². The summed E-state index contributed by atoms with van der Waals surface area (Å²) < 4.78 is 13.0. The minimum absolute atomic E-state index is 0.0949. The Kier molecular flexibility index (Phi) is 2.19. The number of aromatic nitrogens is 1. The van der Waals surface area contributed by atoms with Crippen LogP contribution in [0, 0.1) is 5.82 Å². The molecular weight excluding hydrogens is 156 g/mol. The SMILES string of the molecule is [B]c1cncc(F)c1C(C)(C)O. The van der Waals surface area contributed by atoms with Gasteiger partial charge in [-0.25, -0.2) is 4.39 Å². The normalized spacial score (nSPS) is 11.7. The number of hydrogen-bond donors (Lipinski definition) is 1. The molecule has 0 saturated carbocycles. The minimum atomic E-state index is -1.27. The molecule has 12 heavy (non-hydrogen) atoms. The highest BCUT2D eigenvalue weighted by Crippen LogP contribution is 2.19. The summed E-state index contributed by atoms with van der Waals surface area (Å²) in [5.41, 5.74) is -1.00. The second-order valence-corrected chi connectivity index (χ2v) is 3.14. The molecule has 0 amide bonds. The van der Waals surface area contributed by atoms with E-state index in [0.29, 0.717) is 0 Å². The monoisotopic (exact) mass is 165 g/mol. The predicted molar refractivity (Wildman–Crippen MR) is 44.8 cm³/mol. The zero-order chi connectivity index (χ0) is 9.35. The van der Waals surface area contributed by atoms with Crippen LogP contribution in [0.1, 0.15) is 19.4 Å². The van der Waals surface area contributed by atoms with Crippen LogP contribution in [0.5, 0.6) is 0 Å². The van der Waals surface area contributed by atoms with Crippen LogP contribution in [0.4, 0.5) is 4.39 Å². The standard InChI is InChI=1S/C8H9BFNO/c1-8(2,12)7-5(9)3-11-4-6(7)10/h3-4,12H,1-2H3. The fourth-order valence-electron chi connectivity index (χ4n) is 1.10. The lowest BCUT2D eigenvalue weighted by Crippen LogP contribution is -2.27. The molecular formula is C8H9BFNO. The molecule has 0 bridgehead atoms. The quantitative estimate of drug-likeness (QED) is 0.604. The first kappa shape index (κ1) is 9.19. The van der Waals surface area contributed by atoms with Crippen molar-refractivity contribution in [2.75, 3.05) is 0 Å². The van der Waals surface area contributed by atoms with Crippen LogP contribution in [0.2, 0.25) is 0 Å². The first-order chi connectivity index (χ1) is 5.43. The number of hydrogen-bond acceptors (Lipinski definition) is 2. The second-order valence-electron chi connectivity index (χ2n) is 3.14. The Morgan fingerprint density at radius 2 is 2.08 bits per heavy atom. The largest absolute Gasteiger partial charge is 0.386 e. The van der Waals surface area contributed by atoms with E-state index in [1.807, 2.05) is 0 Å². The maximum atomic E-state index is 13.0. The van der Waals surface area contributed by atoms with E-state index in [1.54, 1.807) is 0 Å². The summed E-state index contributed by atoms with van der Waals surface area (Å²) in [5, 5.41) is 9.50. The third-order valence-corrected chi connectivity index (χ3v) is 1.54. The fraction of sp³-hybridized carbons (Fsp3) is 0.375. The van der Waals surface area contributed by atoms with E-state index in [2.05, 4.69) is 4.98 Å². The van der Waals surface area contributed by atoms with Crippen molar-refractivity contribution in [3.8, 4) is 0 Å². The lowest BCUT2D eigenvalue weighted by Gasteiger charge is -2.20. The summed E-state index contributed by atoms with van der Waals surface area (Å²) in [5.74, 6) is -0.581. The zero-order valence-electron chi connectivity index (χ0n) is 7.00. The Labute approximate surface area is 71.9 Å². The fourth-order valence-corrected chi connectivity index (χ4v) is 1.10. The Hall–Kier alpha value is -0.895. The Bertz CT molecular complexity index is 275. The molecule has 1 rings (SSSR count). The maximum Gasteiger partial charge on any atom is 0.146 e. The summed E-state index contributed by atoms with van der Waals surface area (Å²) in [4.78, 5) is 3.55. The molecule has 1 aromatic rings. The van der Waals surface area contributed by atoms with Crippen LogP contribution in [0.15, 0.2) is 12.4 Å². The van der Waals surface area contributed by atoms with E-state index >= 15 is 0 Å². The molecule has 0 aromatic carbocycles. The van der Waals surface area contributed by atoms with Crippen molar-refractivity contribution in [3.05, 3.63) is 23.8 Å². The van der Waals surface area contributed by atoms with Gasteiger partial charge in [0.25, 0.3) is 0 Å². The lowest BCUT2D eigenvalue weighted by molar-refractivity contribution is 0.0756. The van der Waals surface area contributed by atoms with E-state index in [4.69, 9.17) is 7.85 Å². The predicted octanol–water partition coefficient (Wildman–Crippen LogP) is 0.242. The van der Waals surface area contributed by atoms with E-state index in [0.717, 1.165) is 6.20 Å². The van der Waals surface area contributed by atoms with Crippen molar-refractivity contribution in [2.45, 2.75) is 19.4 Å². The van der Waals surface area contributed by atoms with E-state index in [-0.39, 0.29) is 11.0 Å². The van der Waals surface area contributed by atoms with Crippen molar-refractivity contribution < 1.29 is 9.50 Å². The Balaban J connectivity index is 3.31. The molecule has 1 N–H and O–H groups in total. The average Bonchev–Trinajstić information content (AvgIpc) is 1.82. The summed E-state index contributed by atoms with van der Waals surface area (Å²) >= 11 is 0. The van der Waals surface area contributed by atoms with Gasteiger partial charge in [0.1, 0.15) is 13.7 Å². The van der Waals surface area contributed by atoms with Gasteiger partial charge in [0.2, 0.25) is 0 Å². The van der Waals surface area contributed by atoms with Gasteiger partial charge in [0, 0.05) is 11.8 Å². The van der Waals surface area contributed by atoms with Gasteiger partial charge in [-0.05, 0) is 13.8 Å². The molecule has 0 atom stereocenters. The van der Waals surface area contributed by atoms with Crippen molar-refractivity contribution in [1.29, 1.82) is 0 Å². The molecule has 62 valence electrons. The summed E-state index contributed by atoms with van der Waals surface area (Å²) in [7, 11) is 5.45. The molecule has 0 aliphatic heterocycles. The van der Waals surface area contributed by atoms with Gasteiger partial charge in [0.05, 0.1) is 11.8 Å². The molecule has 0 spiro atoms. The summed E-state index contributed by atoms with van der Waals surface area (Å²) in [6.45, 7) is 2.95. The summed E-state index contributed by atoms with van der Waals surface area (Å²) in [6.07, 6.45) is 2.35. The van der Waals surface area contributed by atoms with Gasteiger partial charge in [-0.1, -0.05) is 5.46 Å². The van der Waals surface area contributed by atoms with Gasteiger partial charge in [-0.2, -0.15) is 0 Å². The van der Waals surface area contributed by atoms with Gasteiger partial charge in [0.15, 0.2) is 0 Å². The second kappa shape index (κ2) is 2.86. The zero-order valence-corrected chi connectivity index (χ0v) is 7.00. The molecule has 0 aliphatic carbocycles. The van der Waals surface area contributed by atoms with Crippen LogP contribution >= 0.6 is 0 Å². The Morgan fingerprint density at radius 1 is 1.50 bits per heavy atom. The van der Waals surface area contributed by atoms with Crippen LogP contribution in [0.25, 0.3) is 0 Å². The molecule has 4 heteroatoms. The first-order valence-corrected chi connectivity index (χ1v) is 3.55. The van der Waals surface area contributed by atoms with Crippen molar-refractivity contribution in [3.63, 3.8) is 0 Å². The maximum absolute atomic E-state index is 13.0. The van der Waals surface area contributed by atoms with Gasteiger partial charge >= 0.3 is 0 Å². The summed E-state index contributed by atoms with van der Waals surface area (Å²) in [6, 6.07) is 0. The molecule has 0 fully saturated rings. The molecule has 0 unspecified atom stereocenters. The number of rotatable bonds is 1. The van der Waals surface area contributed by atoms with Gasteiger partial charge in [-0.15, -0.1) is 0 Å². The molecule has 1 heterocycles. The smallest absolute Gasteiger partial charge is 0.146 e. The van der Waals surface area contributed by atoms with Crippen LogP contribution < -0.4 is 5.46 Å². The molecule has 2 radical (unpaired) electrons.